The minimum atomic E-state index is -2.58. The van der Waals surface area contributed by atoms with E-state index in [1.165, 1.54) is 16.9 Å². The van der Waals surface area contributed by atoms with Crippen LogP contribution in [-0.4, -0.2) is 43.8 Å². The highest BCUT2D eigenvalue weighted by Crippen LogP contribution is 2.30. The zero-order valence-corrected chi connectivity index (χ0v) is 14.2. The number of rotatable bonds is 4. The zero-order chi connectivity index (χ0) is 19.1. The molecule has 0 aliphatic carbocycles. The number of carbonyl (C=O) groups is 1. The van der Waals surface area contributed by atoms with E-state index in [2.05, 4.69) is 15.3 Å². The normalized spacial score (nSPS) is 13.5. The third-order valence-corrected chi connectivity index (χ3v) is 4.48. The van der Waals surface area contributed by atoms with Gasteiger partial charge in [-0.1, -0.05) is 11.3 Å². The molecule has 0 spiro atoms. The Morgan fingerprint density at radius 2 is 2.07 bits per heavy atom. The highest BCUT2D eigenvalue weighted by atomic mass is 19.3. The van der Waals surface area contributed by atoms with Gasteiger partial charge in [-0.25, -0.2) is 18.4 Å². The summed E-state index contributed by atoms with van der Waals surface area (Å²) in [5, 5.41) is 8.11. The SMILES string of the molecule is Cc1c(-c2ccc3c(c2)CN(CC(F)F)C3=O)nnn1-c1cccnc1F. The summed E-state index contributed by atoms with van der Waals surface area (Å²) >= 11 is 0. The third kappa shape index (κ3) is 2.94. The van der Waals surface area contributed by atoms with E-state index >= 15 is 0 Å². The summed E-state index contributed by atoms with van der Waals surface area (Å²) in [6, 6.07) is 8.15. The summed E-state index contributed by atoms with van der Waals surface area (Å²) in [6.45, 7) is 1.26. The predicted molar refractivity (Wildman–Crippen MR) is 90.0 cm³/mol. The molecule has 0 fully saturated rings. The van der Waals surface area contributed by atoms with Crippen LogP contribution in [0.1, 0.15) is 21.6 Å². The summed E-state index contributed by atoms with van der Waals surface area (Å²) in [5.41, 5.74) is 3.01. The van der Waals surface area contributed by atoms with Crippen LogP contribution in [0.25, 0.3) is 16.9 Å². The van der Waals surface area contributed by atoms with Crippen molar-refractivity contribution in [2.75, 3.05) is 6.54 Å². The van der Waals surface area contributed by atoms with Crippen LogP contribution >= 0.6 is 0 Å². The van der Waals surface area contributed by atoms with Gasteiger partial charge in [-0.05, 0) is 36.8 Å². The molecular formula is C18H14F3N5O. The van der Waals surface area contributed by atoms with E-state index in [1.54, 1.807) is 31.2 Å². The van der Waals surface area contributed by atoms with Crippen LogP contribution in [0, 0.1) is 12.9 Å². The highest BCUT2D eigenvalue weighted by Gasteiger charge is 2.29. The quantitative estimate of drug-likeness (QED) is 0.660. The second-order valence-corrected chi connectivity index (χ2v) is 6.20. The maximum atomic E-state index is 13.9. The molecule has 1 aliphatic heterocycles. The first kappa shape index (κ1) is 17.2. The fraction of sp³-hybridized carbons (Fsp3) is 0.222. The molecule has 1 amide bonds. The lowest BCUT2D eigenvalue weighted by Crippen LogP contribution is -2.29. The van der Waals surface area contributed by atoms with Crippen molar-refractivity contribution in [3.8, 4) is 16.9 Å². The lowest BCUT2D eigenvalue weighted by Gasteiger charge is -2.13. The number of hydrogen-bond acceptors (Lipinski definition) is 4. The van der Waals surface area contributed by atoms with Gasteiger partial charge in [0.05, 0.1) is 12.2 Å². The molecule has 0 radical (unpaired) electrons. The summed E-state index contributed by atoms with van der Waals surface area (Å²) in [6.07, 6.45) is -1.24. The predicted octanol–water partition coefficient (Wildman–Crippen LogP) is 3.00. The number of nitrogens with zero attached hydrogens (tertiary/aromatic N) is 5. The second kappa shape index (κ2) is 6.49. The van der Waals surface area contributed by atoms with Crippen LogP contribution in [0.2, 0.25) is 0 Å². The Morgan fingerprint density at radius 3 is 2.81 bits per heavy atom. The first-order chi connectivity index (χ1) is 13.0. The number of pyridine rings is 1. The first-order valence-electron chi connectivity index (χ1n) is 8.19. The average molecular weight is 373 g/mol. The van der Waals surface area contributed by atoms with Gasteiger partial charge in [0.15, 0.2) is 0 Å². The molecule has 0 unspecified atom stereocenters. The lowest BCUT2D eigenvalue weighted by molar-refractivity contribution is 0.0577. The van der Waals surface area contributed by atoms with Gasteiger partial charge in [-0.2, -0.15) is 4.39 Å². The Morgan fingerprint density at radius 1 is 1.26 bits per heavy atom. The van der Waals surface area contributed by atoms with Crippen molar-refractivity contribution in [1.29, 1.82) is 0 Å². The molecule has 138 valence electrons. The fourth-order valence-corrected chi connectivity index (χ4v) is 3.20. The molecule has 27 heavy (non-hydrogen) atoms. The number of hydrogen-bond donors (Lipinski definition) is 0. The Balaban J connectivity index is 1.69. The smallest absolute Gasteiger partial charge is 0.255 e. The standard InChI is InChI=1S/C18H14F3N5O/c1-10-16(23-24-26(10)14-3-2-6-22-17(14)21)11-4-5-13-12(7-11)8-25(18(13)27)9-15(19)20/h2-7,15H,8-9H2,1H3. The minimum absolute atomic E-state index is 0.122. The number of benzene rings is 1. The van der Waals surface area contributed by atoms with Crippen molar-refractivity contribution in [3.63, 3.8) is 0 Å². The molecule has 9 heteroatoms. The molecule has 0 bridgehead atoms. The second-order valence-electron chi connectivity index (χ2n) is 6.20. The number of carbonyl (C=O) groups excluding carboxylic acids is 1. The Hall–Kier alpha value is -3.23. The van der Waals surface area contributed by atoms with Gasteiger partial charge in [-0.15, -0.1) is 5.10 Å². The van der Waals surface area contributed by atoms with Gasteiger partial charge in [0.2, 0.25) is 5.95 Å². The minimum Gasteiger partial charge on any atom is -0.329 e. The Kier molecular flexibility index (Phi) is 4.14. The molecule has 1 aliphatic rings. The lowest BCUT2D eigenvalue weighted by atomic mass is 10.0. The van der Waals surface area contributed by atoms with E-state index in [1.807, 2.05) is 0 Å². The van der Waals surface area contributed by atoms with Crippen molar-refractivity contribution >= 4 is 5.91 Å². The van der Waals surface area contributed by atoms with E-state index in [0.717, 1.165) is 4.90 Å². The zero-order valence-electron chi connectivity index (χ0n) is 14.2. The van der Waals surface area contributed by atoms with Gasteiger partial charge in [0, 0.05) is 23.9 Å². The topological polar surface area (TPSA) is 63.9 Å². The van der Waals surface area contributed by atoms with Gasteiger partial charge in [0.25, 0.3) is 12.3 Å². The van der Waals surface area contributed by atoms with Crippen molar-refractivity contribution in [3.05, 3.63) is 59.3 Å². The largest absolute Gasteiger partial charge is 0.329 e. The number of aromatic nitrogens is 4. The molecule has 3 heterocycles. The molecule has 6 nitrogen and oxygen atoms in total. The summed E-state index contributed by atoms with van der Waals surface area (Å²) in [5.74, 6) is -1.08. The first-order valence-corrected chi connectivity index (χ1v) is 8.19. The van der Waals surface area contributed by atoms with Crippen LogP contribution in [0.4, 0.5) is 13.2 Å². The number of alkyl halides is 2. The molecular weight excluding hydrogens is 359 g/mol. The third-order valence-electron chi connectivity index (χ3n) is 4.48. The van der Waals surface area contributed by atoms with E-state index in [0.29, 0.717) is 28.1 Å². The molecule has 2 aromatic heterocycles. The van der Waals surface area contributed by atoms with Crippen LogP contribution in [0.3, 0.4) is 0 Å². The average Bonchev–Trinajstić information content (AvgIpc) is 3.15. The highest BCUT2D eigenvalue weighted by molar-refractivity contribution is 5.99. The van der Waals surface area contributed by atoms with Crippen LogP contribution in [0.5, 0.6) is 0 Å². The van der Waals surface area contributed by atoms with Crippen molar-refractivity contribution in [1.82, 2.24) is 24.9 Å². The molecule has 0 saturated heterocycles. The molecule has 0 atom stereocenters. The summed E-state index contributed by atoms with van der Waals surface area (Å²) in [4.78, 5) is 16.9. The van der Waals surface area contributed by atoms with E-state index in [9.17, 15) is 18.0 Å². The van der Waals surface area contributed by atoms with Gasteiger partial charge in [0.1, 0.15) is 11.4 Å². The Labute approximate surface area is 152 Å². The van der Waals surface area contributed by atoms with Gasteiger partial charge in [-0.3, -0.25) is 4.79 Å². The summed E-state index contributed by atoms with van der Waals surface area (Å²) in [7, 11) is 0. The van der Waals surface area contributed by atoms with E-state index < -0.39 is 24.8 Å². The number of fused-ring (bicyclic) bond motifs is 1. The molecule has 0 N–H and O–H groups in total. The van der Waals surface area contributed by atoms with E-state index in [-0.39, 0.29) is 12.2 Å². The van der Waals surface area contributed by atoms with Crippen LogP contribution in [0.15, 0.2) is 36.5 Å². The summed E-state index contributed by atoms with van der Waals surface area (Å²) < 4.78 is 40.5. The maximum Gasteiger partial charge on any atom is 0.255 e. The van der Waals surface area contributed by atoms with Crippen molar-refractivity contribution in [2.24, 2.45) is 0 Å². The van der Waals surface area contributed by atoms with Crippen LogP contribution < -0.4 is 0 Å². The van der Waals surface area contributed by atoms with Gasteiger partial charge < -0.3 is 4.90 Å². The monoisotopic (exact) mass is 373 g/mol. The molecule has 4 rings (SSSR count). The van der Waals surface area contributed by atoms with Crippen molar-refractivity contribution in [2.45, 2.75) is 19.9 Å². The Bertz CT molecular complexity index is 1030. The van der Waals surface area contributed by atoms with E-state index in [4.69, 9.17) is 0 Å². The maximum absolute atomic E-state index is 13.9. The number of halogens is 3. The fourth-order valence-electron chi connectivity index (χ4n) is 3.20. The number of amides is 1. The molecule has 3 aromatic rings. The van der Waals surface area contributed by atoms with Crippen molar-refractivity contribution < 1.29 is 18.0 Å². The van der Waals surface area contributed by atoms with Gasteiger partial charge >= 0.3 is 0 Å². The molecule has 0 saturated carbocycles. The van der Waals surface area contributed by atoms with Crippen LogP contribution in [-0.2, 0) is 6.54 Å². The molecule has 1 aromatic carbocycles.